The van der Waals surface area contributed by atoms with Gasteiger partial charge in [-0.05, 0) is 48.5 Å². The zero-order chi connectivity index (χ0) is 24.5. The maximum Gasteiger partial charge on any atom is 0.276 e. The minimum Gasteiger partial charge on any atom is -0.495 e. The van der Waals surface area contributed by atoms with Crippen molar-refractivity contribution in [3.8, 4) is 5.75 Å². The van der Waals surface area contributed by atoms with Crippen molar-refractivity contribution in [1.82, 2.24) is 10.2 Å². The number of amides is 1. The molecule has 13 heteroatoms. The standard InChI is InChI=1S/C21H16FN5O6S/c1-33-19-9-4-13(10-18(19)26-34(31,32)15-6-2-12(22)3-7-15)23-21(28)20-16-11-14(27(29)30)5-8-17(16)24-25-20/h2-11,26H,1H3,(H,23,28)(H,24,25). The van der Waals surface area contributed by atoms with Crippen LogP contribution in [0.5, 0.6) is 5.75 Å². The van der Waals surface area contributed by atoms with Gasteiger partial charge in [0.05, 0.1) is 28.1 Å². The van der Waals surface area contributed by atoms with Gasteiger partial charge in [-0.2, -0.15) is 5.10 Å². The third-order valence-electron chi connectivity index (χ3n) is 4.80. The number of aromatic amines is 1. The quantitative estimate of drug-likeness (QED) is 0.266. The predicted octanol–water partition coefficient (Wildman–Crippen LogP) is 3.67. The molecule has 0 aliphatic heterocycles. The molecule has 0 spiro atoms. The number of hydrogen-bond acceptors (Lipinski definition) is 7. The molecule has 4 rings (SSSR count). The second kappa shape index (κ2) is 8.78. The highest BCUT2D eigenvalue weighted by Gasteiger charge is 2.20. The SMILES string of the molecule is COc1ccc(NC(=O)c2n[nH]c3ccc([N+](=O)[O-])cc23)cc1NS(=O)(=O)c1ccc(F)cc1. The summed E-state index contributed by atoms with van der Waals surface area (Å²) in [5.41, 5.74) is 0.363. The lowest BCUT2D eigenvalue weighted by molar-refractivity contribution is -0.384. The van der Waals surface area contributed by atoms with Crippen molar-refractivity contribution >= 4 is 43.9 Å². The maximum atomic E-state index is 13.2. The smallest absolute Gasteiger partial charge is 0.276 e. The van der Waals surface area contributed by atoms with Crippen molar-refractivity contribution < 1.29 is 27.3 Å². The number of rotatable bonds is 7. The van der Waals surface area contributed by atoms with Crippen molar-refractivity contribution in [3.05, 3.63) is 82.3 Å². The highest BCUT2D eigenvalue weighted by atomic mass is 32.2. The van der Waals surface area contributed by atoms with Crippen LogP contribution in [0.3, 0.4) is 0 Å². The lowest BCUT2D eigenvalue weighted by atomic mass is 10.1. The zero-order valence-electron chi connectivity index (χ0n) is 17.4. The van der Waals surface area contributed by atoms with E-state index >= 15 is 0 Å². The minimum atomic E-state index is -4.08. The molecule has 0 unspecified atom stereocenters. The van der Waals surface area contributed by atoms with E-state index in [1.807, 2.05) is 0 Å². The van der Waals surface area contributed by atoms with E-state index in [9.17, 15) is 27.7 Å². The van der Waals surface area contributed by atoms with Crippen LogP contribution < -0.4 is 14.8 Å². The van der Waals surface area contributed by atoms with Gasteiger partial charge in [0, 0.05) is 23.2 Å². The van der Waals surface area contributed by atoms with Crippen molar-refractivity contribution in [2.24, 2.45) is 0 Å². The third kappa shape index (κ3) is 4.49. The number of halogens is 1. The molecule has 34 heavy (non-hydrogen) atoms. The summed E-state index contributed by atoms with van der Waals surface area (Å²) in [7, 11) is -2.74. The molecule has 0 saturated heterocycles. The van der Waals surface area contributed by atoms with E-state index in [0.717, 1.165) is 24.3 Å². The number of aromatic nitrogens is 2. The molecule has 11 nitrogen and oxygen atoms in total. The fourth-order valence-electron chi connectivity index (χ4n) is 3.16. The molecule has 0 fully saturated rings. The normalized spacial score (nSPS) is 11.2. The number of carbonyl (C=O) groups excluding carboxylic acids is 1. The molecule has 1 aromatic heterocycles. The molecular weight excluding hydrogens is 469 g/mol. The first-order valence-electron chi connectivity index (χ1n) is 9.58. The van der Waals surface area contributed by atoms with Crippen molar-refractivity contribution in [3.63, 3.8) is 0 Å². The van der Waals surface area contributed by atoms with E-state index in [2.05, 4.69) is 20.2 Å². The average molecular weight is 485 g/mol. The summed E-state index contributed by atoms with van der Waals surface area (Å²) in [6.07, 6.45) is 0. The highest BCUT2D eigenvalue weighted by molar-refractivity contribution is 7.92. The first-order chi connectivity index (χ1) is 16.2. The molecule has 1 heterocycles. The molecule has 0 bridgehead atoms. The summed E-state index contributed by atoms with van der Waals surface area (Å²) in [6.45, 7) is 0. The van der Waals surface area contributed by atoms with Crippen LogP contribution >= 0.6 is 0 Å². The average Bonchev–Trinajstić information content (AvgIpc) is 3.23. The van der Waals surface area contributed by atoms with Gasteiger partial charge in [0.1, 0.15) is 11.6 Å². The molecule has 4 aromatic rings. The van der Waals surface area contributed by atoms with Crippen molar-refractivity contribution in [2.45, 2.75) is 4.90 Å². The fourth-order valence-corrected chi connectivity index (χ4v) is 4.22. The third-order valence-corrected chi connectivity index (χ3v) is 6.18. The van der Waals surface area contributed by atoms with Gasteiger partial charge < -0.3 is 10.1 Å². The van der Waals surface area contributed by atoms with Crippen LogP contribution in [0, 0.1) is 15.9 Å². The topological polar surface area (TPSA) is 156 Å². The Morgan fingerprint density at radius 2 is 1.85 bits per heavy atom. The number of anilines is 2. The van der Waals surface area contributed by atoms with Gasteiger partial charge >= 0.3 is 0 Å². The van der Waals surface area contributed by atoms with E-state index in [1.165, 1.54) is 43.5 Å². The Labute approximate surface area is 191 Å². The largest absolute Gasteiger partial charge is 0.495 e. The minimum absolute atomic E-state index is 0.0205. The van der Waals surface area contributed by atoms with Gasteiger partial charge in [0.2, 0.25) is 0 Å². The molecular formula is C21H16FN5O6S. The number of ether oxygens (including phenoxy) is 1. The van der Waals surface area contributed by atoms with Crippen LogP contribution in [0.15, 0.2) is 65.6 Å². The predicted molar refractivity (Wildman–Crippen MR) is 121 cm³/mol. The fraction of sp³-hybridized carbons (Fsp3) is 0.0476. The molecule has 3 aromatic carbocycles. The number of H-pyrrole nitrogens is 1. The summed E-state index contributed by atoms with van der Waals surface area (Å²) >= 11 is 0. The van der Waals surface area contributed by atoms with Gasteiger partial charge in [0.25, 0.3) is 21.6 Å². The molecule has 1 amide bonds. The van der Waals surface area contributed by atoms with Crippen LogP contribution in [0.2, 0.25) is 0 Å². The van der Waals surface area contributed by atoms with E-state index in [4.69, 9.17) is 4.74 Å². The molecule has 0 aliphatic carbocycles. The Kier molecular flexibility index (Phi) is 5.86. The van der Waals surface area contributed by atoms with E-state index in [0.29, 0.717) is 5.52 Å². The van der Waals surface area contributed by atoms with Crippen molar-refractivity contribution in [2.75, 3.05) is 17.1 Å². The van der Waals surface area contributed by atoms with Gasteiger partial charge in [0.15, 0.2) is 5.69 Å². The van der Waals surface area contributed by atoms with E-state index in [1.54, 1.807) is 0 Å². The van der Waals surface area contributed by atoms with Gasteiger partial charge in [-0.15, -0.1) is 0 Å². The molecule has 0 saturated carbocycles. The van der Waals surface area contributed by atoms with Crippen LogP contribution in [0.25, 0.3) is 10.9 Å². The number of hydrogen-bond donors (Lipinski definition) is 3. The summed E-state index contributed by atoms with van der Waals surface area (Å²) < 4.78 is 46.1. The number of benzene rings is 3. The summed E-state index contributed by atoms with van der Waals surface area (Å²) in [5, 5.41) is 20.4. The van der Waals surface area contributed by atoms with Crippen LogP contribution in [-0.4, -0.2) is 36.6 Å². The second-order valence-electron chi connectivity index (χ2n) is 6.99. The number of non-ortho nitro benzene ring substituents is 1. The summed E-state index contributed by atoms with van der Waals surface area (Å²) in [6, 6.07) is 12.4. The summed E-state index contributed by atoms with van der Waals surface area (Å²) in [5.74, 6) is -1.09. The molecule has 0 aliphatic rings. The first kappa shape index (κ1) is 22.7. The van der Waals surface area contributed by atoms with Crippen LogP contribution in [0.4, 0.5) is 21.5 Å². The number of carbonyl (C=O) groups is 1. The van der Waals surface area contributed by atoms with E-state index < -0.39 is 26.7 Å². The number of methoxy groups -OCH3 is 1. The monoisotopic (exact) mass is 485 g/mol. The molecule has 0 radical (unpaired) electrons. The highest BCUT2D eigenvalue weighted by Crippen LogP contribution is 2.31. The van der Waals surface area contributed by atoms with Crippen molar-refractivity contribution in [1.29, 1.82) is 0 Å². The Balaban J connectivity index is 1.62. The van der Waals surface area contributed by atoms with Gasteiger partial charge in [-0.1, -0.05) is 0 Å². The number of sulfonamides is 1. The number of nitro benzene ring substituents is 1. The Hall–Kier alpha value is -4.52. The lowest BCUT2D eigenvalue weighted by Gasteiger charge is -2.14. The Morgan fingerprint density at radius 3 is 2.53 bits per heavy atom. The molecule has 174 valence electrons. The first-order valence-corrected chi connectivity index (χ1v) is 11.1. The Bertz CT molecular complexity index is 1520. The van der Waals surface area contributed by atoms with Gasteiger partial charge in [-0.3, -0.25) is 24.7 Å². The lowest BCUT2D eigenvalue weighted by Crippen LogP contribution is -2.15. The maximum absolute atomic E-state index is 13.2. The second-order valence-corrected chi connectivity index (χ2v) is 8.67. The van der Waals surface area contributed by atoms with E-state index in [-0.39, 0.29) is 38.8 Å². The number of nitrogens with one attached hydrogen (secondary N) is 3. The number of nitro groups is 1. The Morgan fingerprint density at radius 1 is 1.12 bits per heavy atom. The zero-order valence-corrected chi connectivity index (χ0v) is 18.2. The van der Waals surface area contributed by atoms with Gasteiger partial charge in [-0.25, -0.2) is 12.8 Å². The molecule has 0 atom stereocenters. The summed E-state index contributed by atoms with van der Waals surface area (Å²) in [4.78, 5) is 23.1. The van der Waals surface area contributed by atoms with Crippen LogP contribution in [0.1, 0.15) is 10.5 Å². The van der Waals surface area contributed by atoms with Crippen LogP contribution in [-0.2, 0) is 10.0 Å². The number of nitrogens with zero attached hydrogens (tertiary/aromatic N) is 2. The number of fused-ring (bicyclic) bond motifs is 1. The molecule has 3 N–H and O–H groups in total.